The SMILES string of the molecule is CCC(C#CCO[Si](C)(C)C(C)(C)C)(c1ccccc1)N1CCCC1. The maximum atomic E-state index is 6.28. The topological polar surface area (TPSA) is 12.5 Å². The highest BCUT2D eigenvalue weighted by Gasteiger charge is 2.38. The standard InChI is InChI=1S/C22H35NOSi/c1-7-22(23-17-11-12-18-23,20-14-9-8-10-15-20)16-13-19-24-25(5,6)21(2,3)4/h8-10,14-15H,7,11-12,17-19H2,1-6H3. The maximum Gasteiger partial charge on any atom is 0.193 e. The van der Waals surface area contributed by atoms with Crippen LogP contribution in [0.5, 0.6) is 0 Å². The van der Waals surface area contributed by atoms with Crippen molar-refractivity contribution in [3.63, 3.8) is 0 Å². The average molecular weight is 358 g/mol. The third kappa shape index (κ3) is 4.56. The smallest absolute Gasteiger partial charge is 0.193 e. The Morgan fingerprint density at radius 3 is 2.20 bits per heavy atom. The van der Waals surface area contributed by atoms with Crippen molar-refractivity contribution in [2.24, 2.45) is 0 Å². The van der Waals surface area contributed by atoms with Crippen LogP contribution in [0.3, 0.4) is 0 Å². The summed E-state index contributed by atoms with van der Waals surface area (Å²) in [4.78, 5) is 2.57. The van der Waals surface area contributed by atoms with Crippen molar-refractivity contribution in [3.05, 3.63) is 35.9 Å². The molecule has 1 aromatic carbocycles. The van der Waals surface area contributed by atoms with Crippen LogP contribution < -0.4 is 0 Å². The van der Waals surface area contributed by atoms with Crippen LogP contribution in [0.2, 0.25) is 18.1 Å². The van der Waals surface area contributed by atoms with Gasteiger partial charge in [-0.1, -0.05) is 69.9 Å². The molecular weight excluding hydrogens is 322 g/mol. The Labute approximate surface area is 156 Å². The van der Waals surface area contributed by atoms with Gasteiger partial charge in [0.25, 0.3) is 0 Å². The van der Waals surface area contributed by atoms with Gasteiger partial charge in [-0.05, 0) is 56.0 Å². The van der Waals surface area contributed by atoms with E-state index in [4.69, 9.17) is 4.43 Å². The summed E-state index contributed by atoms with van der Waals surface area (Å²) >= 11 is 0. The largest absolute Gasteiger partial charge is 0.406 e. The van der Waals surface area contributed by atoms with Crippen LogP contribution >= 0.6 is 0 Å². The molecule has 1 unspecified atom stereocenters. The Morgan fingerprint density at radius 2 is 1.68 bits per heavy atom. The number of nitrogens with zero attached hydrogens (tertiary/aromatic N) is 1. The van der Waals surface area contributed by atoms with Crippen LogP contribution in [0, 0.1) is 11.8 Å². The molecule has 0 spiro atoms. The van der Waals surface area contributed by atoms with Crippen LogP contribution in [0.1, 0.15) is 52.5 Å². The predicted octanol–water partition coefficient (Wildman–Crippen LogP) is 5.41. The van der Waals surface area contributed by atoms with Crippen molar-refractivity contribution >= 4 is 8.32 Å². The lowest BCUT2D eigenvalue weighted by Gasteiger charge is -2.38. The zero-order valence-corrected chi connectivity index (χ0v) is 18.0. The van der Waals surface area contributed by atoms with E-state index < -0.39 is 8.32 Å². The highest BCUT2D eigenvalue weighted by molar-refractivity contribution is 6.74. The zero-order chi connectivity index (χ0) is 18.6. The highest BCUT2D eigenvalue weighted by Crippen LogP contribution is 2.37. The van der Waals surface area contributed by atoms with Crippen LogP contribution in [-0.4, -0.2) is 32.9 Å². The first-order chi connectivity index (χ1) is 11.7. The molecule has 2 nitrogen and oxygen atoms in total. The number of hydrogen-bond acceptors (Lipinski definition) is 2. The monoisotopic (exact) mass is 357 g/mol. The molecule has 0 aromatic heterocycles. The molecule has 1 aliphatic heterocycles. The molecule has 0 N–H and O–H groups in total. The number of benzene rings is 1. The van der Waals surface area contributed by atoms with Gasteiger partial charge in [-0.3, -0.25) is 4.90 Å². The van der Waals surface area contributed by atoms with Crippen molar-refractivity contribution in [2.45, 2.75) is 70.6 Å². The summed E-state index contributed by atoms with van der Waals surface area (Å²) in [5.74, 6) is 7.04. The number of rotatable bonds is 5. The van der Waals surface area contributed by atoms with E-state index in [1.54, 1.807) is 0 Å². The van der Waals surface area contributed by atoms with E-state index >= 15 is 0 Å². The van der Waals surface area contributed by atoms with Gasteiger partial charge >= 0.3 is 0 Å². The Balaban J connectivity index is 2.23. The minimum absolute atomic E-state index is 0.172. The lowest BCUT2D eigenvalue weighted by Crippen LogP contribution is -2.43. The molecule has 2 rings (SSSR count). The van der Waals surface area contributed by atoms with Gasteiger partial charge in [-0.25, -0.2) is 0 Å². The van der Waals surface area contributed by atoms with Gasteiger partial charge in [0.15, 0.2) is 8.32 Å². The second-order valence-corrected chi connectivity index (χ2v) is 13.4. The Bertz CT molecular complexity index is 602. The maximum absolute atomic E-state index is 6.28. The third-order valence-electron chi connectivity index (χ3n) is 6.02. The van der Waals surface area contributed by atoms with Gasteiger partial charge in [0.1, 0.15) is 5.54 Å². The van der Waals surface area contributed by atoms with Crippen LogP contribution in [-0.2, 0) is 9.96 Å². The van der Waals surface area contributed by atoms with E-state index in [0.29, 0.717) is 6.61 Å². The molecule has 1 fully saturated rings. The molecule has 1 heterocycles. The normalized spacial score (nSPS) is 18.5. The summed E-state index contributed by atoms with van der Waals surface area (Å²) in [7, 11) is -1.74. The molecule has 0 bridgehead atoms. The molecule has 1 saturated heterocycles. The van der Waals surface area contributed by atoms with Crippen LogP contribution in [0.25, 0.3) is 0 Å². The summed E-state index contributed by atoms with van der Waals surface area (Å²) in [6.07, 6.45) is 3.55. The van der Waals surface area contributed by atoms with E-state index in [2.05, 4.69) is 87.9 Å². The molecule has 138 valence electrons. The average Bonchev–Trinajstić information content (AvgIpc) is 3.10. The summed E-state index contributed by atoms with van der Waals surface area (Å²) in [5.41, 5.74) is 1.15. The van der Waals surface area contributed by atoms with Gasteiger partial charge < -0.3 is 4.43 Å². The van der Waals surface area contributed by atoms with E-state index in [1.165, 1.54) is 18.4 Å². The number of likely N-dealkylation sites (tertiary alicyclic amines) is 1. The Morgan fingerprint density at radius 1 is 1.08 bits per heavy atom. The summed E-state index contributed by atoms with van der Waals surface area (Å²) in [5, 5.41) is 0.227. The van der Waals surface area contributed by atoms with Crippen molar-refractivity contribution in [3.8, 4) is 11.8 Å². The summed E-state index contributed by atoms with van der Waals surface area (Å²) < 4.78 is 6.28. The quantitative estimate of drug-likeness (QED) is 0.516. The molecule has 3 heteroatoms. The summed E-state index contributed by atoms with van der Waals surface area (Å²) in [6, 6.07) is 10.8. The molecule has 1 aliphatic rings. The predicted molar refractivity (Wildman–Crippen MR) is 110 cm³/mol. The molecule has 25 heavy (non-hydrogen) atoms. The van der Waals surface area contributed by atoms with Crippen molar-refractivity contribution < 1.29 is 4.43 Å². The first-order valence-corrected chi connectivity index (χ1v) is 12.6. The fraction of sp³-hybridized carbons (Fsp3) is 0.636. The molecule has 1 aromatic rings. The molecule has 0 aliphatic carbocycles. The van der Waals surface area contributed by atoms with E-state index in [0.717, 1.165) is 19.5 Å². The molecule has 1 atom stereocenters. The molecular formula is C22H35NOSi. The highest BCUT2D eigenvalue weighted by atomic mass is 28.4. The minimum atomic E-state index is -1.74. The fourth-order valence-electron chi connectivity index (χ4n) is 3.28. The minimum Gasteiger partial charge on any atom is -0.406 e. The second kappa shape index (κ2) is 8.08. The first-order valence-electron chi connectivity index (χ1n) is 9.67. The second-order valence-electron chi connectivity index (χ2n) is 8.62. The molecule has 0 amide bonds. The van der Waals surface area contributed by atoms with Gasteiger partial charge in [-0.2, -0.15) is 0 Å². The molecule has 0 saturated carbocycles. The summed E-state index contributed by atoms with van der Waals surface area (Å²) in [6.45, 7) is 16.5. The first kappa shape index (κ1) is 20.2. The van der Waals surface area contributed by atoms with Crippen LogP contribution in [0.4, 0.5) is 0 Å². The third-order valence-corrected chi connectivity index (χ3v) is 10.5. The van der Waals surface area contributed by atoms with Gasteiger partial charge in [0.05, 0.1) is 6.61 Å². The van der Waals surface area contributed by atoms with E-state index in [9.17, 15) is 0 Å². The van der Waals surface area contributed by atoms with E-state index in [-0.39, 0.29) is 10.6 Å². The Hall–Kier alpha value is -1.08. The number of hydrogen-bond donors (Lipinski definition) is 0. The fourth-order valence-corrected chi connectivity index (χ4v) is 4.14. The lowest BCUT2D eigenvalue weighted by atomic mass is 9.86. The van der Waals surface area contributed by atoms with Gasteiger partial charge in [0, 0.05) is 0 Å². The Kier molecular flexibility index (Phi) is 6.54. The van der Waals surface area contributed by atoms with Gasteiger partial charge in [0.2, 0.25) is 0 Å². The van der Waals surface area contributed by atoms with Crippen LogP contribution in [0.15, 0.2) is 30.3 Å². The molecule has 0 radical (unpaired) electrons. The zero-order valence-electron chi connectivity index (χ0n) is 17.0. The van der Waals surface area contributed by atoms with E-state index in [1.807, 2.05) is 0 Å². The van der Waals surface area contributed by atoms with Gasteiger partial charge in [-0.15, -0.1) is 0 Å². The van der Waals surface area contributed by atoms with Crippen molar-refractivity contribution in [1.82, 2.24) is 4.90 Å². The lowest BCUT2D eigenvalue weighted by molar-refractivity contribution is 0.170. The van der Waals surface area contributed by atoms with Crippen molar-refractivity contribution in [2.75, 3.05) is 19.7 Å². The van der Waals surface area contributed by atoms with Crippen molar-refractivity contribution in [1.29, 1.82) is 0 Å².